The van der Waals surface area contributed by atoms with Gasteiger partial charge in [0.1, 0.15) is 6.79 Å². The van der Waals surface area contributed by atoms with E-state index in [2.05, 4.69) is 16.6 Å². The molecule has 0 amide bonds. The molecule has 2 N–H and O–H groups in total. The van der Waals surface area contributed by atoms with Gasteiger partial charge < -0.3 is 15.2 Å². The van der Waals surface area contributed by atoms with E-state index in [1.165, 1.54) is 0 Å². The van der Waals surface area contributed by atoms with Crippen LogP contribution in [0.1, 0.15) is 6.92 Å². The second-order valence-electron chi connectivity index (χ2n) is 1.78. The Labute approximate surface area is 59.5 Å². The summed E-state index contributed by atoms with van der Waals surface area (Å²) < 4.78 is 4.52. The minimum atomic E-state index is -0.789. The quantitative estimate of drug-likeness (QED) is 0.408. The fraction of sp³-hybridized carbons (Fsp3) is 0.500. The molecule has 0 rings (SSSR count). The van der Waals surface area contributed by atoms with Gasteiger partial charge in [-0.3, -0.25) is 4.79 Å². The molecule has 0 bridgehead atoms. The maximum absolute atomic E-state index is 10.1. The van der Waals surface area contributed by atoms with Gasteiger partial charge in [0.2, 0.25) is 0 Å². The van der Waals surface area contributed by atoms with Crippen molar-refractivity contribution in [2.45, 2.75) is 13.2 Å². The molecule has 0 aromatic heterocycles. The molecule has 0 heterocycles. The Morgan fingerprint density at radius 1 is 2.00 bits per heavy atom. The molecular weight excluding hydrogens is 134 g/mol. The summed E-state index contributed by atoms with van der Waals surface area (Å²) in [6, 6.07) is 0. The zero-order chi connectivity index (χ0) is 7.98. The van der Waals surface area contributed by atoms with Crippen molar-refractivity contribution in [2.24, 2.45) is 0 Å². The Hall–Kier alpha value is -0.870. The van der Waals surface area contributed by atoms with E-state index in [1.807, 2.05) is 0 Å². The predicted molar refractivity (Wildman–Crippen MR) is 36.0 cm³/mol. The van der Waals surface area contributed by atoms with Gasteiger partial charge in [-0.15, -0.1) is 0 Å². The van der Waals surface area contributed by atoms with Crippen LogP contribution in [0.25, 0.3) is 0 Å². The van der Waals surface area contributed by atoms with Gasteiger partial charge in [0.15, 0.2) is 12.5 Å². The number of rotatable bonds is 5. The SMILES string of the molecule is C=C(C)NC(C=O)OCO. The third-order valence-electron chi connectivity index (χ3n) is 0.766. The minimum Gasteiger partial charge on any atom is -0.371 e. The van der Waals surface area contributed by atoms with Gasteiger partial charge in [0.25, 0.3) is 0 Å². The van der Waals surface area contributed by atoms with Crippen LogP contribution in [0.2, 0.25) is 0 Å². The minimum absolute atomic E-state index is 0.482. The third kappa shape index (κ3) is 4.05. The normalized spacial score (nSPS) is 12.2. The number of aldehydes is 1. The second kappa shape index (κ2) is 4.96. The number of aliphatic hydroxyl groups excluding tert-OH is 1. The molecule has 0 spiro atoms. The summed E-state index contributed by atoms with van der Waals surface area (Å²) >= 11 is 0. The topological polar surface area (TPSA) is 58.6 Å². The van der Waals surface area contributed by atoms with Crippen molar-refractivity contribution < 1.29 is 14.6 Å². The third-order valence-corrected chi connectivity index (χ3v) is 0.766. The molecule has 4 nitrogen and oxygen atoms in total. The number of allylic oxidation sites excluding steroid dienone is 1. The van der Waals surface area contributed by atoms with Gasteiger partial charge in [-0.25, -0.2) is 0 Å². The van der Waals surface area contributed by atoms with Gasteiger partial charge in [0.05, 0.1) is 0 Å². The smallest absolute Gasteiger partial charge is 0.186 e. The predicted octanol–water partition coefficient (Wildman–Crippen LogP) is -0.399. The molecule has 0 aliphatic rings. The summed E-state index contributed by atoms with van der Waals surface area (Å²) in [6.45, 7) is 4.70. The number of carbonyl (C=O) groups excluding carboxylic acids is 1. The number of carbonyl (C=O) groups is 1. The molecule has 0 saturated carbocycles. The fourth-order valence-corrected chi connectivity index (χ4v) is 0.438. The number of ether oxygens (including phenoxy) is 1. The highest BCUT2D eigenvalue weighted by atomic mass is 16.6. The van der Waals surface area contributed by atoms with Gasteiger partial charge in [-0.1, -0.05) is 6.58 Å². The summed E-state index contributed by atoms with van der Waals surface area (Å²) in [5.41, 5.74) is 0.616. The lowest BCUT2D eigenvalue weighted by Gasteiger charge is -2.11. The van der Waals surface area contributed by atoms with Crippen LogP contribution in [0.5, 0.6) is 0 Å². The van der Waals surface area contributed by atoms with Crippen molar-refractivity contribution in [3.8, 4) is 0 Å². The van der Waals surface area contributed by atoms with E-state index in [0.29, 0.717) is 12.0 Å². The van der Waals surface area contributed by atoms with Gasteiger partial charge in [-0.05, 0) is 6.92 Å². The van der Waals surface area contributed by atoms with Crippen molar-refractivity contribution in [1.29, 1.82) is 0 Å². The lowest BCUT2D eigenvalue weighted by atomic mass is 10.5. The van der Waals surface area contributed by atoms with E-state index in [9.17, 15) is 4.79 Å². The molecule has 1 atom stereocenters. The van der Waals surface area contributed by atoms with E-state index in [-0.39, 0.29) is 0 Å². The number of hydrogen-bond acceptors (Lipinski definition) is 4. The Morgan fingerprint density at radius 2 is 2.60 bits per heavy atom. The molecule has 58 valence electrons. The lowest BCUT2D eigenvalue weighted by Crippen LogP contribution is -2.31. The molecule has 10 heavy (non-hydrogen) atoms. The first kappa shape index (κ1) is 9.13. The van der Waals surface area contributed by atoms with E-state index in [0.717, 1.165) is 0 Å². The first-order valence-electron chi connectivity index (χ1n) is 2.80. The van der Waals surface area contributed by atoms with Crippen molar-refractivity contribution in [2.75, 3.05) is 6.79 Å². The van der Waals surface area contributed by atoms with Crippen LogP contribution in [0.3, 0.4) is 0 Å². The van der Waals surface area contributed by atoms with Gasteiger partial charge in [-0.2, -0.15) is 0 Å². The first-order chi connectivity index (χ1) is 4.70. The van der Waals surface area contributed by atoms with E-state index in [4.69, 9.17) is 5.11 Å². The molecule has 4 heteroatoms. The Kier molecular flexibility index (Phi) is 4.53. The van der Waals surface area contributed by atoms with Crippen LogP contribution in [0.15, 0.2) is 12.3 Å². The lowest BCUT2D eigenvalue weighted by molar-refractivity contribution is -0.127. The second-order valence-corrected chi connectivity index (χ2v) is 1.78. The Morgan fingerprint density at radius 3 is 2.90 bits per heavy atom. The van der Waals surface area contributed by atoms with Crippen molar-refractivity contribution >= 4 is 6.29 Å². The Balaban J connectivity index is 3.59. The number of hydrogen-bond donors (Lipinski definition) is 2. The number of aliphatic hydroxyl groups is 1. The highest BCUT2D eigenvalue weighted by molar-refractivity contribution is 5.55. The molecule has 0 aliphatic heterocycles. The van der Waals surface area contributed by atoms with Crippen LogP contribution in [0, 0.1) is 0 Å². The maximum atomic E-state index is 10.1. The van der Waals surface area contributed by atoms with Crippen LogP contribution in [-0.2, 0) is 9.53 Å². The largest absolute Gasteiger partial charge is 0.371 e. The van der Waals surface area contributed by atoms with Crippen molar-refractivity contribution in [3.63, 3.8) is 0 Å². The van der Waals surface area contributed by atoms with Crippen molar-refractivity contribution in [1.82, 2.24) is 5.32 Å². The van der Waals surface area contributed by atoms with E-state index < -0.39 is 13.0 Å². The zero-order valence-corrected chi connectivity index (χ0v) is 5.83. The highest BCUT2D eigenvalue weighted by Crippen LogP contribution is 1.86. The molecule has 0 aromatic carbocycles. The van der Waals surface area contributed by atoms with E-state index in [1.54, 1.807) is 6.92 Å². The molecule has 0 aliphatic carbocycles. The molecule has 0 saturated heterocycles. The molecular formula is C6H11NO3. The molecule has 0 aromatic rings. The van der Waals surface area contributed by atoms with Crippen LogP contribution >= 0.6 is 0 Å². The molecule has 0 fully saturated rings. The van der Waals surface area contributed by atoms with E-state index >= 15 is 0 Å². The summed E-state index contributed by atoms with van der Waals surface area (Å²) in [4.78, 5) is 10.1. The summed E-state index contributed by atoms with van der Waals surface area (Å²) in [7, 11) is 0. The maximum Gasteiger partial charge on any atom is 0.186 e. The highest BCUT2D eigenvalue weighted by Gasteiger charge is 2.03. The average Bonchev–Trinajstić information content (AvgIpc) is 1.86. The number of nitrogens with one attached hydrogen (secondary N) is 1. The van der Waals surface area contributed by atoms with Gasteiger partial charge >= 0.3 is 0 Å². The first-order valence-corrected chi connectivity index (χ1v) is 2.80. The fourth-order valence-electron chi connectivity index (χ4n) is 0.438. The molecule has 1 unspecified atom stereocenters. The van der Waals surface area contributed by atoms with Gasteiger partial charge in [0, 0.05) is 5.70 Å². The standard InChI is InChI=1S/C6H11NO3/c1-5(2)7-6(3-8)10-4-9/h3,6-7,9H,1,4H2,2H3. The summed E-state index contributed by atoms with van der Waals surface area (Å²) in [5, 5.41) is 10.8. The average molecular weight is 145 g/mol. The monoisotopic (exact) mass is 145 g/mol. The summed E-state index contributed by atoms with van der Waals surface area (Å²) in [6.07, 6.45) is -0.243. The van der Waals surface area contributed by atoms with Crippen LogP contribution < -0.4 is 5.32 Å². The summed E-state index contributed by atoms with van der Waals surface area (Å²) in [5.74, 6) is 0. The zero-order valence-electron chi connectivity index (χ0n) is 5.83. The molecule has 0 radical (unpaired) electrons. The van der Waals surface area contributed by atoms with Crippen LogP contribution in [-0.4, -0.2) is 24.4 Å². The Bertz CT molecular complexity index is 124. The van der Waals surface area contributed by atoms with Crippen molar-refractivity contribution in [3.05, 3.63) is 12.3 Å². The van der Waals surface area contributed by atoms with Crippen LogP contribution in [0.4, 0.5) is 0 Å².